The summed E-state index contributed by atoms with van der Waals surface area (Å²) in [5.41, 5.74) is 1.01. The molecule has 0 aliphatic heterocycles. The molecule has 76 valence electrons. The van der Waals surface area contributed by atoms with Crippen molar-refractivity contribution in [2.24, 2.45) is 0 Å². The Balaban J connectivity index is 2.70. The van der Waals surface area contributed by atoms with Gasteiger partial charge in [-0.2, -0.15) is 0 Å². The van der Waals surface area contributed by atoms with E-state index in [-0.39, 0.29) is 0 Å². The lowest BCUT2D eigenvalue weighted by Crippen LogP contribution is -2.04. The molecular weight excluding hydrogens is 207 g/mol. The van der Waals surface area contributed by atoms with Crippen molar-refractivity contribution in [1.82, 2.24) is 0 Å². The highest BCUT2D eigenvalue weighted by atomic mass is 31.1. The molecule has 6 heteroatoms. The van der Waals surface area contributed by atoms with E-state index in [0.29, 0.717) is 11.1 Å². The molecule has 0 amide bonds. The van der Waals surface area contributed by atoms with Crippen LogP contribution in [0.1, 0.15) is 15.9 Å². The van der Waals surface area contributed by atoms with Crippen LogP contribution in [-0.4, -0.2) is 10.9 Å². The van der Waals surface area contributed by atoms with Crippen molar-refractivity contribution >= 4 is 14.2 Å². The second-order valence-corrected chi connectivity index (χ2v) is 3.23. The van der Waals surface area contributed by atoms with Crippen LogP contribution in [-0.2, 0) is 14.1 Å². The molecule has 0 radical (unpaired) electrons. The van der Waals surface area contributed by atoms with Crippen molar-refractivity contribution in [1.29, 1.82) is 0 Å². The van der Waals surface area contributed by atoms with Crippen molar-refractivity contribution in [2.75, 3.05) is 0 Å². The van der Waals surface area contributed by atoms with Gasteiger partial charge in [-0.1, -0.05) is 22.9 Å². The van der Waals surface area contributed by atoms with Crippen LogP contribution < -0.4 is 0 Å². The number of carbonyl (C=O) groups is 1. The first-order chi connectivity index (χ1) is 6.61. The molecule has 0 aromatic heterocycles. The van der Waals surface area contributed by atoms with Crippen molar-refractivity contribution in [3.05, 3.63) is 35.4 Å². The number of aryl methyl sites for hydroxylation is 1. The maximum atomic E-state index is 11.2. The van der Waals surface area contributed by atoms with Crippen LogP contribution in [0, 0.1) is 6.92 Å². The molecule has 0 fully saturated rings. The molecule has 1 aromatic carbocycles. The monoisotopic (exact) mass is 216 g/mol. The first kappa shape index (κ1) is 10.9. The summed E-state index contributed by atoms with van der Waals surface area (Å²) in [7, 11) is -3.24. The summed E-state index contributed by atoms with van der Waals surface area (Å²) in [6.45, 7) is 1.72. The lowest BCUT2D eigenvalue weighted by Gasteiger charge is -2.02. The molecule has 1 atom stereocenters. The van der Waals surface area contributed by atoms with E-state index in [4.69, 9.17) is 4.89 Å². The van der Waals surface area contributed by atoms with E-state index in [1.54, 1.807) is 25.1 Å². The van der Waals surface area contributed by atoms with Crippen molar-refractivity contribution < 1.29 is 23.8 Å². The summed E-state index contributed by atoms with van der Waals surface area (Å²) >= 11 is 0. The van der Waals surface area contributed by atoms with E-state index in [0.717, 1.165) is 0 Å². The average molecular weight is 216 g/mol. The Kier molecular flexibility index (Phi) is 3.83. The van der Waals surface area contributed by atoms with Gasteiger partial charge < -0.3 is 4.89 Å². The van der Waals surface area contributed by atoms with E-state index >= 15 is 0 Å². The standard InChI is InChI=1S/C8H9O5P/c1-6-4-2-3-5-7(6)8(9)12-13-14(10)11/h2-5,14H,1H3,(H,10,11). The minimum absolute atomic E-state index is 0.302. The third-order valence-electron chi connectivity index (χ3n) is 1.55. The number of rotatable bonds is 3. The Hall–Kier alpha value is -1.16. The van der Waals surface area contributed by atoms with Crippen molar-refractivity contribution in [3.8, 4) is 0 Å². The van der Waals surface area contributed by atoms with Crippen molar-refractivity contribution in [2.45, 2.75) is 6.92 Å². The van der Waals surface area contributed by atoms with Gasteiger partial charge in [0.25, 0.3) is 0 Å². The minimum Gasteiger partial charge on any atom is -0.324 e. The fraction of sp³-hybridized carbons (Fsp3) is 0.125. The van der Waals surface area contributed by atoms with Crippen LogP contribution in [0.2, 0.25) is 0 Å². The predicted molar refractivity (Wildman–Crippen MR) is 48.9 cm³/mol. The molecule has 5 nitrogen and oxygen atoms in total. The van der Waals surface area contributed by atoms with E-state index in [2.05, 4.69) is 9.56 Å². The Morgan fingerprint density at radius 2 is 2.07 bits per heavy atom. The van der Waals surface area contributed by atoms with Gasteiger partial charge in [-0.05, 0) is 18.6 Å². The first-order valence-corrected chi connectivity index (χ1v) is 5.05. The second-order valence-electron chi connectivity index (χ2n) is 2.53. The third kappa shape index (κ3) is 2.96. The van der Waals surface area contributed by atoms with Gasteiger partial charge in [0.05, 0.1) is 5.56 Å². The second kappa shape index (κ2) is 4.91. The Labute approximate surface area is 81.2 Å². The fourth-order valence-corrected chi connectivity index (χ4v) is 1.07. The van der Waals surface area contributed by atoms with Crippen LogP contribution in [0.3, 0.4) is 0 Å². The molecule has 0 aliphatic carbocycles. The van der Waals surface area contributed by atoms with Gasteiger partial charge in [0.2, 0.25) is 0 Å². The summed E-state index contributed by atoms with van der Waals surface area (Å²) in [5, 5.41) is 0. The summed E-state index contributed by atoms with van der Waals surface area (Å²) in [5.74, 6) is -0.782. The molecular formula is C8H9O5P. The molecule has 0 heterocycles. The third-order valence-corrected chi connectivity index (χ3v) is 1.78. The molecule has 14 heavy (non-hydrogen) atoms. The van der Waals surface area contributed by atoms with E-state index in [1.165, 1.54) is 6.07 Å². The zero-order valence-electron chi connectivity index (χ0n) is 7.39. The summed E-state index contributed by atoms with van der Waals surface area (Å²) in [6, 6.07) is 6.68. The van der Waals surface area contributed by atoms with E-state index < -0.39 is 14.2 Å². The zero-order valence-corrected chi connectivity index (χ0v) is 8.39. The molecule has 1 N–H and O–H groups in total. The van der Waals surface area contributed by atoms with Gasteiger partial charge in [0, 0.05) is 0 Å². The smallest absolute Gasteiger partial charge is 0.324 e. The SMILES string of the molecule is Cc1ccccc1C(=O)OO[PH](=O)O. The molecule has 0 bridgehead atoms. The molecule has 1 unspecified atom stereocenters. The molecule has 1 rings (SSSR count). The van der Waals surface area contributed by atoms with Gasteiger partial charge in [-0.25, -0.2) is 4.79 Å². The lowest BCUT2D eigenvalue weighted by atomic mass is 10.1. The van der Waals surface area contributed by atoms with Gasteiger partial charge in [-0.3, -0.25) is 9.45 Å². The van der Waals surface area contributed by atoms with Crippen LogP contribution in [0.5, 0.6) is 0 Å². The van der Waals surface area contributed by atoms with Gasteiger partial charge in [0.15, 0.2) is 0 Å². The van der Waals surface area contributed by atoms with E-state index in [1.807, 2.05) is 0 Å². The highest BCUT2D eigenvalue weighted by Crippen LogP contribution is 2.17. The van der Waals surface area contributed by atoms with Gasteiger partial charge in [0.1, 0.15) is 0 Å². The average Bonchev–Trinajstić information content (AvgIpc) is 2.15. The summed E-state index contributed by atoms with van der Waals surface area (Å²) in [6.07, 6.45) is 0. The lowest BCUT2D eigenvalue weighted by molar-refractivity contribution is -0.150. The van der Waals surface area contributed by atoms with Crippen LogP contribution in [0.4, 0.5) is 0 Å². The Bertz CT molecular complexity index is 363. The largest absolute Gasteiger partial charge is 0.373 e. The minimum atomic E-state index is -3.24. The van der Waals surface area contributed by atoms with Crippen LogP contribution >= 0.6 is 8.25 Å². The number of hydrogen-bond acceptors (Lipinski definition) is 4. The fourth-order valence-electron chi connectivity index (χ4n) is 0.920. The topological polar surface area (TPSA) is 72.8 Å². The van der Waals surface area contributed by atoms with Crippen molar-refractivity contribution in [3.63, 3.8) is 0 Å². The van der Waals surface area contributed by atoms with Crippen LogP contribution in [0.15, 0.2) is 24.3 Å². The maximum Gasteiger partial charge on any atom is 0.373 e. The Morgan fingerprint density at radius 1 is 1.43 bits per heavy atom. The van der Waals surface area contributed by atoms with E-state index in [9.17, 15) is 9.36 Å². The number of hydrogen-bond donors (Lipinski definition) is 1. The first-order valence-electron chi connectivity index (χ1n) is 3.78. The summed E-state index contributed by atoms with van der Waals surface area (Å²) in [4.78, 5) is 23.6. The molecule has 0 saturated carbocycles. The highest BCUT2D eigenvalue weighted by Gasteiger charge is 2.11. The van der Waals surface area contributed by atoms with Crippen LogP contribution in [0.25, 0.3) is 0 Å². The summed E-state index contributed by atoms with van der Waals surface area (Å²) < 4.78 is 14.0. The Morgan fingerprint density at radius 3 is 2.64 bits per heavy atom. The number of benzene rings is 1. The molecule has 0 spiro atoms. The highest BCUT2D eigenvalue weighted by molar-refractivity contribution is 7.31. The van der Waals surface area contributed by atoms with Gasteiger partial charge >= 0.3 is 14.2 Å². The number of carbonyl (C=O) groups excluding carboxylic acids is 1. The maximum absolute atomic E-state index is 11.2. The molecule has 0 saturated heterocycles. The molecule has 1 aromatic rings. The van der Waals surface area contributed by atoms with Gasteiger partial charge in [-0.15, -0.1) is 0 Å². The quantitative estimate of drug-likeness (QED) is 0.470. The normalized spacial score (nSPS) is 12.1. The zero-order chi connectivity index (χ0) is 10.6. The predicted octanol–water partition coefficient (Wildman–Crippen LogP) is 1.47. The molecule has 0 aliphatic rings.